The van der Waals surface area contributed by atoms with Gasteiger partial charge < -0.3 is 15.1 Å². The number of benzene rings is 1. The van der Waals surface area contributed by atoms with Crippen LogP contribution in [0.5, 0.6) is 0 Å². The highest BCUT2D eigenvalue weighted by Crippen LogP contribution is 2.14. The van der Waals surface area contributed by atoms with E-state index < -0.39 is 0 Å². The van der Waals surface area contributed by atoms with Crippen molar-refractivity contribution in [2.75, 3.05) is 37.6 Å². The Kier molecular flexibility index (Phi) is 6.57. The van der Waals surface area contributed by atoms with E-state index >= 15 is 0 Å². The molecule has 0 spiro atoms. The van der Waals surface area contributed by atoms with Crippen LogP contribution >= 0.6 is 0 Å². The van der Waals surface area contributed by atoms with E-state index in [0.717, 1.165) is 18.7 Å². The molecule has 140 valence electrons. The van der Waals surface area contributed by atoms with Crippen LogP contribution < -0.4 is 15.2 Å². The van der Waals surface area contributed by atoms with Gasteiger partial charge in [-0.3, -0.25) is 9.59 Å². The van der Waals surface area contributed by atoms with Crippen LogP contribution in [0.15, 0.2) is 60.9 Å². The number of nitrogens with one attached hydrogen (secondary N) is 2. The quantitative estimate of drug-likeness (QED) is 0.787. The highest BCUT2D eigenvalue weighted by molar-refractivity contribution is 5.92. The van der Waals surface area contributed by atoms with Gasteiger partial charge in [-0.15, -0.1) is 0 Å². The van der Waals surface area contributed by atoms with Crippen molar-refractivity contribution in [1.82, 2.24) is 10.2 Å². The monoisotopic (exact) mass is 365 g/mol. The lowest BCUT2D eigenvalue weighted by Gasteiger charge is -2.35. The van der Waals surface area contributed by atoms with Crippen LogP contribution in [0.2, 0.25) is 0 Å². The maximum atomic E-state index is 12.3. The number of hydrogen-bond donors (Lipinski definition) is 1. The van der Waals surface area contributed by atoms with Gasteiger partial charge in [0.2, 0.25) is 11.8 Å². The van der Waals surface area contributed by atoms with Gasteiger partial charge in [-0.1, -0.05) is 30.3 Å². The lowest BCUT2D eigenvalue weighted by atomic mass is 10.2. The van der Waals surface area contributed by atoms with Gasteiger partial charge in [-0.2, -0.15) is 0 Å². The molecular weight excluding hydrogens is 340 g/mol. The highest BCUT2D eigenvalue weighted by Gasteiger charge is 2.21. The molecule has 0 atom stereocenters. The molecule has 2 N–H and O–H groups in total. The Balaban J connectivity index is 1.36. The summed E-state index contributed by atoms with van der Waals surface area (Å²) in [6.45, 7) is 3.41. The van der Waals surface area contributed by atoms with Crippen molar-refractivity contribution in [2.24, 2.45) is 0 Å². The van der Waals surface area contributed by atoms with E-state index in [0.29, 0.717) is 26.1 Å². The maximum Gasteiger partial charge on any atom is 0.244 e. The molecule has 0 saturated carbocycles. The van der Waals surface area contributed by atoms with Gasteiger partial charge in [0.15, 0.2) is 12.4 Å². The summed E-state index contributed by atoms with van der Waals surface area (Å²) < 4.78 is 0. The van der Waals surface area contributed by atoms with Crippen LogP contribution in [-0.4, -0.2) is 49.4 Å². The van der Waals surface area contributed by atoms with E-state index in [-0.39, 0.29) is 11.8 Å². The maximum absolute atomic E-state index is 12.3. The van der Waals surface area contributed by atoms with Crippen molar-refractivity contribution in [3.8, 4) is 0 Å². The molecule has 3 rings (SSSR count). The first-order chi connectivity index (χ1) is 13.2. The van der Waals surface area contributed by atoms with Gasteiger partial charge in [-0.05, 0) is 11.6 Å². The molecule has 1 aliphatic heterocycles. The molecule has 1 aliphatic rings. The number of piperazine rings is 1. The fourth-order valence-corrected chi connectivity index (χ4v) is 3.05. The Labute approximate surface area is 159 Å². The normalized spacial score (nSPS) is 14.4. The number of anilines is 1. The fourth-order valence-electron chi connectivity index (χ4n) is 3.05. The Hall–Kier alpha value is -3.15. The van der Waals surface area contributed by atoms with Gasteiger partial charge in [-0.25, -0.2) is 4.98 Å². The van der Waals surface area contributed by atoms with Crippen LogP contribution in [0, 0.1) is 0 Å². The zero-order valence-corrected chi connectivity index (χ0v) is 15.3. The van der Waals surface area contributed by atoms with E-state index in [2.05, 4.69) is 15.2 Å². The van der Waals surface area contributed by atoms with Crippen LogP contribution in [0.4, 0.5) is 5.69 Å². The van der Waals surface area contributed by atoms with E-state index in [1.165, 1.54) is 11.8 Å². The highest BCUT2D eigenvalue weighted by atomic mass is 16.2. The second-order valence-corrected chi connectivity index (χ2v) is 6.41. The predicted octanol–water partition coefficient (Wildman–Crippen LogP) is 1.37. The largest absolute Gasteiger partial charge is 0.368 e. The summed E-state index contributed by atoms with van der Waals surface area (Å²) in [5.74, 6) is -0.0965. The third-order valence-electron chi connectivity index (χ3n) is 4.56. The average Bonchev–Trinajstić information content (AvgIpc) is 2.74. The smallest absolute Gasteiger partial charge is 0.244 e. The van der Waals surface area contributed by atoms with Gasteiger partial charge >= 0.3 is 0 Å². The van der Waals surface area contributed by atoms with E-state index in [1.54, 1.807) is 6.08 Å². The topological polar surface area (TPSA) is 66.8 Å². The summed E-state index contributed by atoms with van der Waals surface area (Å²) in [6.07, 6.45) is 7.39. The van der Waals surface area contributed by atoms with Gasteiger partial charge in [0, 0.05) is 63.0 Å². The second-order valence-electron chi connectivity index (χ2n) is 6.41. The SMILES string of the molecule is O=C(/C=C/c1ccccc1)NCCC(=O)N1CCN(c2cc[nH+]cc2)CC1. The molecule has 2 aromatic rings. The van der Waals surface area contributed by atoms with E-state index in [9.17, 15) is 9.59 Å². The first-order valence-electron chi connectivity index (χ1n) is 9.22. The Morgan fingerprint density at radius 2 is 1.70 bits per heavy atom. The van der Waals surface area contributed by atoms with Crippen molar-refractivity contribution in [3.63, 3.8) is 0 Å². The zero-order chi connectivity index (χ0) is 18.9. The number of aromatic amines is 1. The van der Waals surface area contributed by atoms with Crippen molar-refractivity contribution < 1.29 is 14.6 Å². The van der Waals surface area contributed by atoms with Crippen LogP contribution in [0.1, 0.15) is 12.0 Å². The minimum atomic E-state index is -0.183. The number of hydrogen-bond acceptors (Lipinski definition) is 3. The van der Waals surface area contributed by atoms with Crippen LogP contribution in [0.25, 0.3) is 6.08 Å². The lowest BCUT2D eigenvalue weighted by molar-refractivity contribution is -0.377. The number of amides is 2. The third-order valence-corrected chi connectivity index (χ3v) is 4.56. The van der Waals surface area contributed by atoms with E-state index in [4.69, 9.17) is 0 Å². The number of carbonyl (C=O) groups excluding carboxylic acids is 2. The van der Waals surface area contributed by atoms with Crippen LogP contribution in [0.3, 0.4) is 0 Å². The summed E-state index contributed by atoms with van der Waals surface area (Å²) >= 11 is 0. The molecule has 1 fully saturated rings. The molecule has 2 amide bonds. The van der Waals surface area contributed by atoms with Crippen molar-refractivity contribution in [3.05, 3.63) is 66.5 Å². The van der Waals surface area contributed by atoms with Gasteiger partial charge in [0.25, 0.3) is 0 Å². The summed E-state index contributed by atoms with van der Waals surface area (Å²) in [5, 5.41) is 2.77. The fraction of sp³-hybridized carbons (Fsp3) is 0.286. The number of rotatable bonds is 6. The van der Waals surface area contributed by atoms with Crippen molar-refractivity contribution >= 4 is 23.6 Å². The van der Waals surface area contributed by atoms with Crippen molar-refractivity contribution in [1.29, 1.82) is 0 Å². The molecule has 0 radical (unpaired) electrons. The number of H-pyrrole nitrogens is 1. The Bertz CT molecular complexity index is 769. The minimum absolute atomic E-state index is 0.0865. The van der Waals surface area contributed by atoms with Crippen molar-refractivity contribution in [2.45, 2.75) is 6.42 Å². The number of nitrogens with zero attached hydrogens (tertiary/aromatic N) is 2. The molecule has 6 nitrogen and oxygen atoms in total. The second kappa shape index (κ2) is 9.52. The standard InChI is InChI=1S/C21H24N4O2/c26-20(7-6-18-4-2-1-3-5-18)23-13-10-21(27)25-16-14-24(15-17-25)19-8-11-22-12-9-19/h1-9,11-12H,10,13-17H2,(H,23,26)/p+1/b7-6+. The number of aromatic nitrogens is 1. The molecule has 1 aromatic carbocycles. The number of carbonyl (C=O) groups is 2. The molecule has 1 saturated heterocycles. The van der Waals surface area contributed by atoms with Gasteiger partial charge in [0.05, 0.1) is 0 Å². The molecule has 6 heteroatoms. The number of pyridine rings is 1. The first-order valence-corrected chi connectivity index (χ1v) is 9.22. The molecule has 0 bridgehead atoms. The summed E-state index contributed by atoms with van der Waals surface area (Å²) in [5.41, 5.74) is 2.14. The summed E-state index contributed by atoms with van der Waals surface area (Å²) in [4.78, 5) is 31.3. The van der Waals surface area contributed by atoms with E-state index in [1.807, 2.05) is 59.8 Å². The molecule has 27 heavy (non-hydrogen) atoms. The Morgan fingerprint density at radius 1 is 1.00 bits per heavy atom. The lowest BCUT2D eigenvalue weighted by Crippen LogP contribution is -2.49. The molecular formula is C21H25N4O2+. The van der Waals surface area contributed by atoms with Gasteiger partial charge in [0.1, 0.15) is 0 Å². The minimum Gasteiger partial charge on any atom is -0.368 e. The summed E-state index contributed by atoms with van der Waals surface area (Å²) in [6, 6.07) is 13.7. The summed E-state index contributed by atoms with van der Waals surface area (Å²) in [7, 11) is 0. The molecule has 0 aliphatic carbocycles. The molecule has 1 aromatic heterocycles. The van der Waals surface area contributed by atoms with Crippen LogP contribution in [-0.2, 0) is 9.59 Å². The first kappa shape index (κ1) is 18.6. The molecule has 0 unspecified atom stereocenters. The Morgan fingerprint density at radius 3 is 2.41 bits per heavy atom. The zero-order valence-electron chi connectivity index (χ0n) is 15.3. The average molecular weight is 365 g/mol. The molecule has 2 heterocycles. The third kappa shape index (κ3) is 5.67. The predicted molar refractivity (Wildman–Crippen MR) is 105 cm³/mol.